The van der Waals surface area contributed by atoms with Crippen LogP contribution in [-0.2, 0) is 6.61 Å². The van der Waals surface area contributed by atoms with Gasteiger partial charge < -0.3 is 26.2 Å². The van der Waals surface area contributed by atoms with Crippen molar-refractivity contribution in [2.75, 3.05) is 29.1 Å². The molecule has 4 aromatic heterocycles. The van der Waals surface area contributed by atoms with E-state index in [0.717, 1.165) is 66.7 Å². The van der Waals surface area contributed by atoms with Gasteiger partial charge in [-0.15, -0.1) is 0 Å². The average molecular weight is 558 g/mol. The molecule has 0 aliphatic heterocycles. The molecule has 42 heavy (non-hydrogen) atoms. The number of nitrogens with zero attached hydrogens (tertiary/aromatic N) is 4. The van der Waals surface area contributed by atoms with E-state index in [1.165, 1.54) is 0 Å². The average Bonchev–Trinajstić information content (AvgIpc) is 3.02. The van der Waals surface area contributed by atoms with Crippen LogP contribution >= 0.6 is 0 Å². The third-order valence-corrected chi connectivity index (χ3v) is 7.34. The van der Waals surface area contributed by atoms with Gasteiger partial charge in [0, 0.05) is 47.3 Å². The van der Waals surface area contributed by atoms with Crippen molar-refractivity contribution in [1.29, 1.82) is 0 Å². The number of aliphatic hydroxyl groups excluding tert-OH is 2. The highest BCUT2D eigenvalue weighted by atomic mass is 16.3. The molecule has 0 radical (unpaired) electrons. The van der Waals surface area contributed by atoms with Gasteiger partial charge in [0.15, 0.2) is 11.6 Å². The number of aromatic nitrogens is 4. The van der Waals surface area contributed by atoms with Crippen molar-refractivity contribution >= 4 is 50.5 Å². The molecule has 0 bridgehead atoms. The summed E-state index contributed by atoms with van der Waals surface area (Å²) >= 11 is 0. The van der Waals surface area contributed by atoms with Crippen LogP contribution in [0.15, 0.2) is 85.5 Å². The molecule has 0 atom stereocenters. The molecule has 9 nitrogen and oxygen atoms in total. The molecule has 0 spiro atoms. The van der Waals surface area contributed by atoms with Crippen LogP contribution in [-0.4, -0.2) is 43.3 Å². The quantitative estimate of drug-likeness (QED) is 0.140. The SMILES string of the molecule is Cc1c(Nc2nccc3cc(CO)cnc23)cccc1-c1cccc(Nc2nccc3cc(NCCO)cnc23)c1C. The summed E-state index contributed by atoms with van der Waals surface area (Å²) in [7, 11) is 0. The van der Waals surface area contributed by atoms with Crippen LogP contribution < -0.4 is 16.0 Å². The minimum absolute atomic E-state index is 0.0543. The van der Waals surface area contributed by atoms with Gasteiger partial charge in [-0.2, -0.15) is 0 Å². The van der Waals surface area contributed by atoms with E-state index in [1.54, 1.807) is 24.8 Å². The number of rotatable bonds is 9. The Bertz CT molecular complexity index is 1910. The summed E-state index contributed by atoms with van der Waals surface area (Å²) in [4.78, 5) is 18.3. The lowest BCUT2D eigenvalue weighted by atomic mass is 9.94. The fraction of sp³-hybridized carbons (Fsp3) is 0.152. The molecule has 0 unspecified atom stereocenters. The van der Waals surface area contributed by atoms with Crippen molar-refractivity contribution in [3.8, 4) is 11.1 Å². The fourth-order valence-corrected chi connectivity index (χ4v) is 5.11. The van der Waals surface area contributed by atoms with Crippen molar-refractivity contribution < 1.29 is 10.2 Å². The molecule has 0 aliphatic rings. The molecule has 5 N–H and O–H groups in total. The van der Waals surface area contributed by atoms with E-state index in [0.29, 0.717) is 18.2 Å². The van der Waals surface area contributed by atoms with E-state index in [1.807, 2.05) is 48.5 Å². The highest BCUT2D eigenvalue weighted by Crippen LogP contribution is 2.36. The van der Waals surface area contributed by atoms with Crippen LogP contribution in [0.5, 0.6) is 0 Å². The minimum Gasteiger partial charge on any atom is -0.395 e. The molecule has 0 saturated heterocycles. The van der Waals surface area contributed by atoms with Crippen LogP contribution in [0.2, 0.25) is 0 Å². The predicted octanol–water partition coefficient (Wildman–Crippen LogP) is 6.24. The maximum Gasteiger partial charge on any atom is 0.156 e. The van der Waals surface area contributed by atoms with E-state index in [-0.39, 0.29) is 13.2 Å². The summed E-state index contributed by atoms with van der Waals surface area (Å²) in [6.45, 7) is 4.66. The highest BCUT2D eigenvalue weighted by Gasteiger charge is 2.14. The second-order valence-electron chi connectivity index (χ2n) is 10.0. The van der Waals surface area contributed by atoms with Gasteiger partial charge in [0.25, 0.3) is 0 Å². The van der Waals surface area contributed by atoms with Crippen LogP contribution in [0.4, 0.5) is 28.7 Å². The molecular weight excluding hydrogens is 526 g/mol. The summed E-state index contributed by atoms with van der Waals surface area (Å²) in [5.74, 6) is 1.33. The van der Waals surface area contributed by atoms with E-state index in [9.17, 15) is 5.11 Å². The number of benzene rings is 2. The van der Waals surface area contributed by atoms with Gasteiger partial charge >= 0.3 is 0 Å². The van der Waals surface area contributed by atoms with Gasteiger partial charge in [0.05, 0.1) is 25.1 Å². The van der Waals surface area contributed by atoms with Gasteiger partial charge in [-0.3, -0.25) is 9.97 Å². The number of hydrogen-bond acceptors (Lipinski definition) is 9. The van der Waals surface area contributed by atoms with Crippen LogP contribution in [0.25, 0.3) is 32.9 Å². The molecule has 0 amide bonds. The number of anilines is 5. The highest BCUT2D eigenvalue weighted by molar-refractivity contribution is 5.93. The molecular formula is C33H31N7O2. The Kier molecular flexibility index (Phi) is 7.59. The van der Waals surface area contributed by atoms with Crippen molar-refractivity contribution in [2.45, 2.75) is 20.5 Å². The van der Waals surface area contributed by atoms with Crippen molar-refractivity contribution in [3.05, 3.63) is 102 Å². The zero-order valence-electron chi connectivity index (χ0n) is 23.4. The molecule has 2 aromatic carbocycles. The zero-order chi connectivity index (χ0) is 29.1. The van der Waals surface area contributed by atoms with E-state index < -0.39 is 0 Å². The molecule has 9 heteroatoms. The first-order chi connectivity index (χ1) is 20.6. The van der Waals surface area contributed by atoms with Crippen LogP contribution in [0, 0.1) is 13.8 Å². The van der Waals surface area contributed by atoms with Gasteiger partial charge in [-0.05, 0) is 78.1 Å². The molecule has 0 fully saturated rings. The summed E-state index contributed by atoms with van der Waals surface area (Å²) in [6, 6.07) is 20.1. The van der Waals surface area contributed by atoms with E-state index >= 15 is 0 Å². The second kappa shape index (κ2) is 11.8. The minimum atomic E-state index is -0.0562. The van der Waals surface area contributed by atoms with E-state index in [4.69, 9.17) is 5.11 Å². The van der Waals surface area contributed by atoms with Crippen LogP contribution in [0.3, 0.4) is 0 Å². The lowest BCUT2D eigenvalue weighted by molar-refractivity contribution is 0.281. The number of pyridine rings is 4. The Labute approximate surface area is 243 Å². The molecule has 0 saturated carbocycles. The zero-order valence-corrected chi connectivity index (χ0v) is 23.4. The van der Waals surface area contributed by atoms with Crippen molar-refractivity contribution in [3.63, 3.8) is 0 Å². The maximum atomic E-state index is 9.49. The standard InChI is InChI=1S/C33H31N7O2/c1-20-26(5-3-7-28(20)39-32-30-23(9-11-35-32)15-22(19-42)17-37-30)27-6-4-8-29(21(27)2)40-33-31-24(10-12-36-33)16-25(18-38-31)34-13-14-41/h3-12,15-18,34,41-42H,13-14,19H2,1-2H3,(H,35,39)(H,36,40). The second-order valence-corrected chi connectivity index (χ2v) is 10.0. The number of hydrogen-bond donors (Lipinski definition) is 5. The van der Waals surface area contributed by atoms with Gasteiger partial charge in [-0.1, -0.05) is 24.3 Å². The molecule has 210 valence electrons. The maximum absolute atomic E-state index is 9.49. The predicted molar refractivity (Wildman–Crippen MR) is 168 cm³/mol. The monoisotopic (exact) mass is 557 g/mol. The Morgan fingerprint density at radius 3 is 1.81 bits per heavy atom. The molecule has 6 aromatic rings. The fourth-order valence-electron chi connectivity index (χ4n) is 5.11. The smallest absolute Gasteiger partial charge is 0.156 e. The third-order valence-electron chi connectivity index (χ3n) is 7.34. The molecule has 6 rings (SSSR count). The summed E-state index contributed by atoms with van der Waals surface area (Å²) < 4.78 is 0. The Balaban J connectivity index is 1.32. The number of aliphatic hydroxyl groups is 2. The third kappa shape index (κ3) is 5.30. The van der Waals surface area contributed by atoms with Crippen molar-refractivity contribution in [1.82, 2.24) is 19.9 Å². The van der Waals surface area contributed by atoms with E-state index in [2.05, 4.69) is 61.9 Å². The lowest BCUT2D eigenvalue weighted by Gasteiger charge is -2.18. The van der Waals surface area contributed by atoms with Gasteiger partial charge in [-0.25, -0.2) is 9.97 Å². The first-order valence-corrected chi connectivity index (χ1v) is 13.7. The summed E-state index contributed by atoms with van der Waals surface area (Å²) in [5.41, 5.74) is 9.35. The topological polar surface area (TPSA) is 128 Å². The first kappa shape index (κ1) is 27.1. The molecule has 0 aliphatic carbocycles. The van der Waals surface area contributed by atoms with Crippen LogP contribution in [0.1, 0.15) is 16.7 Å². The lowest BCUT2D eigenvalue weighted by Crippen LogP contribution is -2.06. The summed E-state index contributed by atoms with van der Waals surface area (Å²) in [6.07, 6.45) is 6.94. The Morgan fingerprint density at radius 1 is 0.667 bits per heavy atom. The normalized spacial score (nSPS) is 11.1. The summed E-state index contributed by atoms with van der Waals surface area (Å²) in [5, 5.41) is 30.6. The Morgan fingerprint density at radius 2 is 1.24 bits per heavy atom. The van der Waals surface area contributed by atoms with Crippen molar-refractivity contribution in [2.24, 2.45) is 0 Å². The largest absolute Gasteiger partial charge is 0.395 e. The molecule has 4 heterocycles. The van der Waals surface area contributed by atoms with Gasteiger partial charge in [0.1, 0.15) is 11.0 Å². The number of fused-ring (bicyclic) bond motifs is 2. The Hall–Kier alpha value is -5.12. The van der Waals surface area contributed by atoms with Gasteiger partial charge in [0.2, 0.25) is 0 Å². The first-order valence-electron chi connectivity index (χ1n) is 13.7. The number of nitrogens with one attached hydrogen (secondary N) is 3.